The molecule has 6 heteroatoms. The van der Waals surface area contributed by atoms with Gasteiger partial charge in [-0.3, -0.25) is 19.7 Å². The van der Waals surface area contributed by atoms with Gasteiger partial charge in [0.05, 0.1) is 17.7 Å². The molecule has 3 aliphatic rings. The predicted octanol–water partition coefficient (Wildman–Crippen LogP) is 4.11. The third-order valence-corrected chi connectivity index (χ3v) is 7.43. The molecule has 5 rings (SSSR count). The van der Waals surface area contributed by atoms with E-state index in [1.807, 2.05) is 12.4 Å². The fourth-order valence-corrected chi connectivity index (χ4v) is 5.89. The summed E-state index contributed by atoms with van der Waals surface area (Å²) in [5.74, 6) is 0.122. The quantitative estimate of drug-likeness (QED) is 0.715. The lowest BCUT2D eigenvalue weighted by Crippen LogP contribution is -2.67. The highest BCUT2D eigenvalue weighted by Crippen LogP contribution is 2.59. The Hall–Kier alpha value is -2.34. The number of nitrogens with zero attached hydrogens (tertiary/aromatic N) is 4. The highest BCUT2D eigenvalue weighted by molar-refractivity contribution is 5.91. The first-order chi connectivity index (χ1) is 14.7. The number of halogens is 1. The number of rotatable bonds is 4. The number of piperidine rings is 1. The van der Waals surface area contributed by atoms with E-state index in [2.05, 4.69) is 31.9 Å². The molecule has 4 heterocycles. The summed E-state index contributed by atoms with van der Waals surface area (Å²) >= 11 is 0. The average molecular weight is 409 g/mol. The zero-order valence-electron chi connectivity index (χ0n) is 17.3. The standard InChI is InChI=1S/C24H29FN4O/c25-21-16-27-13-6-19(21)17-28-14-7-20(8-15-28)29-22(18-4-11-26-12-5-18)24(23(29)30)9-2-1-3-10-24/h4-6,11-13,16,20,22H,1-3,7-10,14-15,17H2. The summed E-state index contributed by atoms with van der Waals surface area (Å²) in [6.07, 6.45) is 14.1. The van der Waals surface area contributed by atoms with Crippen LogP contribution in [-0.4, -0.2) is 44.8 Å². The average Bonchev–Trinajstić information content (AvgIpc) is 2.80. The van der Waals surface area contributed by atoms with E-state index in [0.717, 1.165) is 51.6 Å². The van der Waals surface area contributed by atoms with Gasteiger partial charge in [0.25, 0.3) is 0 Å². The van der Waals surface area contributed by atoms with Crippen molar-refractivity contribution in [1.29, 1.82) is 0 Å². The van der Waals surface area contributed by atoms with Crippen molar-refractivity contribution in [2.75, 3.05) is 13.1 Å². The van der Waals surface area contributed by atoms with E-state index < -0.39 is 0 Å². The van der Waals surface area contributed by atoms with Gasteiger partial charge >= 0.3 is 0 Å². The molecule has 3 fully saturated rings. The lowest BCUT2D eigenvalue weighted by atomic mass is 9.59. The van der Waals surface area contributed by atoms with Gasteiger partial charge in [-0.05, 0) is 49.4 Å². The molecule has 2 aromatic rings. The van der Waals surface area contributed by atoms with Gasteiger partial charge in [0, 0.05) is 49.8 Å². The minimum absolute atomic E-state index is 0.183. The Bertz CT molecular complexity index is 891. The third kappa shape index (κ3) is 3.31. The molecule has 2 aliphatic heterocycles. The van der Waals surface area contributed by atoms with Crippen LogP contribution in [0.25, 0.3) is 0 Å². The van der Waals surface area contributed by atoms with Gasteiger partial charge in [0.1, 0.15) is 5.82 Å². The van der Waals surface area contributed by atoms with E-state index in [-0.39, 0.29) is 23.3 Å². The summed E-state index contributed by atoms with van der Waals surface area (Å²) < 4.78 is 14.0. The second-order valence-electron chi connectivity index (χ2n) is 9.09. The second kappa shape index (κ2) is 8.06. The van der Waals surface area contributed by atoms with E-state index >= 15 is 0 Å². The van der Waals surface area contributed by atoms with E-state index in [4.69, 9.17) is 0 Å². The molecule has 2 aromatic heterocycles. The van der Waals surface area contributed by atoms with Crippen LogP contribution in [0, 0.1) is 11.2 Å². The maximum atomic E-state index is 14.0. The number of carbonyl (C=O) groups is 1. The van der Waals surface area contributed by atoms with E-state index in [0.29, 0.717) is 18.0 Å². The number of hydrogen-bond donors (Lipinski definition) is 0. The fraction of sp³-hybridized carbons (Fsp3) is 0.542. The molecule has 0 bridgehead atoms. The molecular weight excluding hydrogens is 379 g/mol. The maximum absolute atomic E-state index is 14.0. The number of likely N-dealkylation sites (tertiary alicyclic amines) is 2. The normalized spacial score (nSPS) is 24.8. The highest BCUT2D eigenvalue weighted by Gasteiger charge is 2.62. The minimum Gasteiger partial charge on any atom is -0.331 e. The van der Waals surface area contributed by atoms with E-state index in [1.54, 1.807) is 12.3 Å². The molecule has 1 amide bonds. The molecule has 0 N–H and O–H groups in total. The number of aromatic nitrogens is 2. The molecule has 1 aliphatic carbocycles. The van der Waals surface area contributed by atoms with Crippen molar-refractivity contribution in [3.8, 4) is 0 Å². The van der Waals surface area contributed by atoms with Crippen molar-refractivity contribution in [3.63, 3.8) is 0 Å². The molecule has 1 saturated carbocycles. The van der Waals surface area contributed by atoms with Crippen LogP contribution in [-0.2, 0) is 11.3 Å². The molecule has 1 spiro atoms. The largest absolute Gasteiger partial charge is 0.331 e. The first-order valence-corrected chi connectivity index (χ1v) is 11.2. The summed E-state index contributed by atoms with van der Waals surface area (Å²) in [4.78, 5) is 26.0. The highest BCUT2D eigenvalue weighted by atomic mass is 19.1. The maximum Gasteiger partial charge on any atom is 0.232 e. The van der Waals surface area contributed by atoms with Gasteiger partial charge in [-0.1, -0.05) is 19.3 Å². The lowest BCUT2D eigenvalue weighted by molar-refractivity contribution is -0.186. The molecular formula is C24H29FN4O. The van der Waals surface area contributed by atoms with Crippen molar-refractivity contribution in [2.24, 2.45) is 5.41 Å². The number of carbonyl (C=O) groups excluding carboxylic acids is 1. The van der Waals surface area contributed by atoms with Crippen molar-refractivity contribution in [2.45, 2.75) is 63.6 Å². The Morgan fingerprint density at radius 2 is 1.70 bits per heavy atom. The molecule has 30 heavy (non-hydrogen) atoms. The molecule has 1 atom stereocenters. The Morgan fingerprint density at radius 3 is 2.40 bits per heavy atom. The Kier molecular flexibility index (Phi) is 5.27. The van der Waals surface area contributed by atoms with Gasteiger partial charge < -0.3 is 4.90 Å². The van der Waals surface area contributed by atoms with Crippen LogP contribution in [0.2, 0.25) is 0 Å². The molecule has 1 unspecified atom stereocenters. The Labute approximate surface area is 177 Å². The van der Waals surface area contributed by atoms with Gasteiger partial charge in [-0.15, -0.1) is 0 Å². The van der Waals surface area contributed by atoms with Gasteiger partial charge in [0.2, 0.25) is 5.91 Å². The topological polar surface area (TPSA) is 49.3 Å². The van der Waals surface area contributed by atoms with Crippen molar-refractivity contribution < 1.29 is 9.18 Å². The Morgan fingerprint density at radius 1 is 1.00 bits per heavy atom. The van der Waals surface area contributed by atoms with Crippen LogP contribution in [0.1, 0.15) is 62.1 Å². The van der Waals surface area contributed by atoms with Crippen LogP contribution in [0.15, 0.2) is 43.0 Å². The molecule has 158 valence electrons. The first kappa shape index (κ1) is 19.6. The van der Waals surface area contributed by atoms with Crippen LogP contribution in [0.4, 0.5) is 4.39 Å². The first-order valence-electron chi connectivity index (χ1n) is 11.2. The van der Waals surface area contributed by atoms with E-state index in [9.17, 15) is 9.18 Å². The summed E-state index contributed by atoms with van der Waals surface area (Å²) in [6.45, 7) is 2.37. The SMILES string of the molecule is O=C1N(C2CCN(Cc3ccncc3F)CC2)C(c2ccncc2)C12CCCCC2. The number of pyridine rings is 2. The number of amides is 1. The molecule has 0 aromatic carbocycles. The lowest BCUT2D eigenvalue weighted by Gasteiger charge is -2.61. The smallest absolute Gasteiger partial charge is 0.232 e. The zero-order valence-corrected chi connectivity index (χ0v) is 17.3. The summed E-state index contributed by atoms with van der Waals surface area (Å²) in [6, 6.07) is 6.38. The van der Waals surface area contributed by atoms with Crippen molar-refractivity contribution in [1.82, 2.24) is 19.8 Å². The van der Waals surface area contributed by atoms with Gasteiger partial charge in [-0.25, -0.2) is 4.39 Å². The van der Waals surface area contributed by atoms with Crippen LogP contribution in [0.3, 0.4) is 0 Å². The predicted molar refractivity (Wildman–Crippen MR) is 112 cm³/mol. The number of hydrogen-bond acceptors (Lipinski definition) is 4. The number of β-lactam (4-membered cyclic amide) rings is 1. The monoisotopic (exact) mass is 408 g/mol. The van der Waals surface area contributed by atoms with E-state index in [1.165, 1.54) is 18.2 Å². The minimum atomic E-state index is -0.241. The summed E-state index contributed by atoms with van der Waals surface area (Å²) in [7, 11) is 0. The van der Waals surface area contributed by atoms with Gasteiger partial charge in [-0.2, -0.15) is 0 Å². The van der Waals surface area contributed by atoms with Crippen LogP contribution < -0.4 is 0 Å². The second-order valence-corrected chi connectivity index (χ2v) is 9.09. The zero-order chi connectivity index (χ0) is 20.6. The van der Waals surface area contributed by atoms with Crippen LogP contribution >= 0.6 is 0 Å². The fourth-order valence-electron chi connectivity index (χ4n) is 5.89. The van der Waals surface area contributed by atoms with Crippen molar-refractivity contribution in [3.05, 3.63) is 59.9 Å². The molecule has 0 radical (unpaired) electrons. The Balaban J connectivity index is 1.30. The van der Waals surface area contributed by atoms with Crippen LogP contribution in [0.5, 0.6) is 0 Å². The third-order valence-electron chi connectivity index (χ3n) is 7.43. The summed E-state index contributed by atoms with van der Waals surface area (Å²) in [5, 5.41) is 0. The molecule has 2 saturated heterocycles. The summed E-state index contributed by atoms with van der Waals surface area (Å²) in [5.41, 5.74) is 1.73. The molecule has 5 nitrogen and oxygen atoms in total. The van der Waals surface area contributed by atoms with Gasteiger partial charge in [0.15, 0.2) is 0 Å². The van der Waals surface area contributed by atoms with Crippen molar-refractivity contribution >= 4 is 5.91 Å².